The largest absolute Gasteiger partial charge is 0.453 e. The van der Waals surface area contributed by atoms with Crippen molar-refractivity contribution in [2.75, 3.05) is 12.5 Å². The van der Waals surface area contributed by atoms with Crippen molar-refractivity contribution in [1.29, 1.82) is 5.26 Å². The summed E-state index contributed by atoms with van der Waals surface area (Å²) in [6.45, 7) is 4.49. The summed E-state index contributed by atoms with van der Waals surface area (Å²) in [5.41, 5.74) is 9.06. The van der Waals surface area contributed by atoms with Gasteiger partial charge in [0, 0.05) is 23.4 Å². The molecule has 12 heteroatoms. The van der Waals surface area contributed by atoms with E-state index in [1.165, 1.54) is 22.9 Å². The van der Waals surface area contributed by atoms with Crippen molar-refractivity contribution in [3.8, 4) is 17.2 Å². The molecule has 5 heterocycles. The number of hydrogen-bond acceptors (Lipinski definition) is 9. The zero-order valence-corrected chi connectivity index (χ0v) is 26.6. The van der Waals surface area contributed by atoms with E-state index < -0.39 is 15.3 Å². The molecule has 0 saturated heterocycles. The van der Waals surface area contributed by atoms with Gasteiger partial charge in [0.15, 0.2) is 12.3 Å². The van der Waals surface area contributed by atoms with Crippen molar-refractivity contribution in [3.63, 3.8) is 0 Å². The molecule has 0 saturated carbocycles. The van der Waals surface area contributed by atoms with E-state index in [2.05, 4.69) is 35.2 Å². The third kappa shape index (κ3) is 5.57. The number of oxazole rings is 1. The number of aromatic nitrogens is 3. The fourth-order valence-corrected chi connectivity index (χ4v) is 8.77. The summed E-state index contributed by atoms with van der Waals surface area (Å²) in [4.78, 5) is 23.1. The predicted octanol–water partition coefficient (Wildman–Crippen LogP) is 4.96. The molecule has 0 fully saturated rings. The van der Waals surface area contributed by atoms with Crippen molar-refractivity contribution in [3.05, 3.63) is 111 Å². The Labute approximate surface area is 270 Å². The highest BCUT2D eigenvalue weighted by Gasteiger charge is 2.40. The van der Waals surface area contributed by atoms with Gasteiger partial charge in [-0.15, -0.1) is 5.10 Å². The lowest BCUT2D eigenvalue weighted by Gasteiger charge is -2.20. The smallest absolute Gasteiger partial charge is 0.420 e. The first-order valence-corrected chi connectivity index (χ1v) is 17.1. The van der Waals surface area contributed by atoms with Crippen molar-refractivity contribution in [1.82, 2.24) is 20.0 Å². The summed E-state index contributed by atoms with van der Waals surface area (Å²) in [5, 5.41) is 13.5. The average Bonchev–Trinajstić information content (AvgIpc) is 3.77. The van der Waals surface area contributed by atoms with Crippen LogP contribution in [-0.4, -0.2) is 43.0 Å². The third-order valence-electron chi connectivity index (χ3n) is 8.69. The fourth-order valence-electron chi connectivity index (χ4n) is 6.31. The first kappa shape index (κ1) is 30.4. The number of hydrogen-bond donors (Lipinski definition) is 1. The normalized spacial score (nSPS) is 18.5. The monoisotopic (exact) mass is 650 g/mol. The number of ether oxygens (including phenoxy) is 1. The number of aryl methyl sites for hydroxylation is 2. The summed E-state index contributed by atoms with van der Waals surface area (Å²) in [5.74, 6) is 4.11. The van der Waals surface area contributed by atoms with Gasteiger partial charge in [-0.05, 0) is 81.7 Å². The van der Waals surface area contributed by atoms with Crippen molar-refractivity contribution < 1.29 is 17.8 Å². The minimum absolute atomic E-state index is 0.0837. The van der Waals surface area contributed by atoms with Gasteiger partial charge in [-0.2, -0.15) is 5.26 Å². The third-order valence-corrected chi connectivity index (χ3v) is 10.7. The summed E-state index contributed by atoms with van der Waals surface area (Å²) >= 11 is 0. The minimum Gasteiger partial charge on any atom is -0.453 e. The van der Waals surface area contributed by atoms with Crippen LogP contribution < -0.4 is 11.2 Å². The maximum absolute atomic E-state index is 14.4. The molecule has 3 aromatic heterocycles. The Morgan fingerprint density at radius 3 is 2.64 bits per heavy atom. The Bertz CT molecular complexity index is 2270. The van der Waals surface area contributed by atoms with Gasteiger partial charge in [0.2, 0.25) is 5.90 Å². The van der Waals surface area contributed by atoms with E-state index in [4.69, 9.17) is 19.4 Å². The average molecular weight is 651 g/mol. The van der Waals surface area contributed by atoms with E-state index in [9.17, 15) is 13.4 Å². The van der Waals surface area contributed by atoms with Crippen LogP contribution in [0.5, 0.6) is 0 Å². The lowest BCUT2D eigenvalue weighted by atomic mass is 9.89. The predicted molar refractivity (Wildman–Crippen MR) is 177 cm³/mol. The lowest BCUT2D eigenvalue weighted by molar-refractivity contribution is 0.316. The summed E-state index contributed by atoms with van der Waals surface area (Å²) in [7, 11) is -2.79. The van der Waals surface area contributed by atoms with Crippen LogP contribution in [0.25, 0.3) is 22.2 Å². The van der Waals surface area contributed by atoms with Gasteiger partial charge in [0.1, 0.15) is 11.9 Å². The van der Waals surface area contributed by atoms with Crippen LogP contribution in [-0.2, 0) is 33.6 Å². The molecule has 2 aromatic carbocycles. The van der Waals surface area contributed by atoms with E-state index in [0.717, 1.165) is 11.3 Å². The van der Waals surface area contributed by atoms with Crippen LogP contribution in [0.2, 0.25) is 0 Å². The van der Waals surface area contributed by atoms with Crippen LogP contribution in [0.1, 0.15) is 53.5 Å². The molecule has 2 atom stereocenters. The number of halogens is 1. The number of benzene rings is 2. The van der Waals surface area contributed by atoms with Gasteiger partial charge in [-0.25, -0.2) is 9.18 Å². The van der Waals surface area contributed by atoms with Crippen LogP contribution in [0.3, 0.4) is 0 Å². The zero-order chi connectivity index (χ0) is 32.9. The lowest BCUT2D eigenvalue weighted by Crippen LogP contribution is -2.16. The molecule has 0 amide bonds. The molecule has 2 aliphatic rings. The Kier molecular flexibility index (Phi) is 7.64. The standard InChI is InChI=1S/C35H31FN6O4S/c1-20(2)26-18-47(3,44)33-30(23-8-13-28-29(14-23)46-35(43)42(28)17-25-11-6-22(15-37)16-38-25)31(34-41-39-19-45-34)27(40-32(26)33)12-7-21-4-9-24(36)10-5-21/h4-6,8-11,13-14,16,20,26,39H,3,7,12,17-19H2,1-2H3. The molecule has 238 valence electrons. The highest BCUT2D eigenvalue weighted by Crippen LogP contribution is 2.46. The second-order valence-electron chi connectivity index (χ2n) is 12.1. The van der Waals surface area contributed by atoms with Gasteiger partial charge in [-0.1, -0.05) is 32.0 Å². The zero-order valence-electron chi connectivity index (χ0n) is 25.8. The van der Waals surface area contributed by atoms with Crippen LogP contribution in [0.4, 0.5) is 4.39 Å². The first-order valence-electron chi connectivity index (χ1n) is 15.2. The number of nitrogens with one attached hydrogen (secondary N) is 1. The topological polar surface area (TPSA) is 135 Å². The Hall–Kier alpha value is -5.28. The maximum Gasteiger partial charge on any atom is 0.420 e. The quantitative estimate of drug-likeness (QED) is 0.233. The molecule has 0 bridgehead atoms. The molecule has 0 spiro atoms. The molecule has 2 aliphatic heterocycles. The van der Waals surface area contributed by atoms with Crippen LogP contribution >= 0.6 is 0 Å². The molecule has 7 rings (SSSR count). The molecule has 2 unspecified atom stereocenters. The Balaban J connectivity index is 1.41. The van der Waals surface area contributed by atoms with Gasteiger partial charge in [0.25, 0.3) is 0 Å². The molecule has 10 nitrogen and oxygen atoms in total. The van der Waals surface area contributed by atoms with E-state index in [1.54, 1.807) is 36.4 Å². The summed E-state index contributed by atoms with van der Waals surface area (Å²) in [6, 6.07) is 17.2. The van der Waals surface area contributed by atoms with Crippen molar-refractivity contribution in [2.24, 2.45) is 11.0 Å². The van der Waals surface area contributed by atoms with E-state index >= 15 is 0 Å². The molecule has 0 radical (unpaired) electrons. The molecule has 0 aliphatic carbocycles. The Morgan fingerprint density at radius 1 is 1.15 bits per heavy atom. The van der Waals surface area contributed by atoms with E-state index in [1.807, 2.05) is 12.1 Å². The molecule has 5 aromatic rings. The summed E-state index contributed by atoms with van der Waals surface area (Å²) < 4.78 is 41.2. The van der Waals surface area contributed by atoms with E-state index in [-0.39, 0.29) is 30.9 Å². The second-order valence-corrected chi connectivity index (χ2v) is 14.5. The molecular formula is C35H31FN6O4S. The van der Waals surface area contributed by atoms with Gasteiger partial charge < -0.3 is 9.15 Å². The van der Waals surface area contributed by atoms with Crippen LogP contribution in [0, 0.1) is 23.1 Å². The van der Waals surface area contributed by atoms with Crippen molar-refractivity contribution in [2.45, 2.75) is 44.0 Å². The number of rotatable bonds is 8. The first-order chi connectivity index (χ1) is 22.6. The highest BCUT2D eigenvalue weighted by molar-refractivity contribution is 8.00. The Morgan fingerprint density at radius 2 is 1.96 bits per heavy atom. The number of nitriles is 1. The van der Waals surface area contributed by atoms with Crippen molar-refractivity contribution >= 4 is 32.4 Å². The molecular weight excluding hydrogens is 619 g/mol. The molecule has 1 N–H and O–H groups in total. The summed E-state index contributed by atoms with van der Waals surface area (Å²) in [6.07, 6.45) is 2.52. The number of pyridine rings is 2. The van der Waals surface area contributed by atoms with E-state index in [0.29, 0.717) is 74.1 Å². The highest BCUT2D eigenvalue weighted by atomic mass is 32.2. The fraction of sp³-hybridized carbons (Fsp3) is 0.257. The van der Waals surface area contributed by atoms with Gasteiger partial charge in [-0.3, -0.25) is 24.2 Å². The number of nitrogens with zero attached hydrogens (tertiary/aromatic N) is 5. The van der Waals surface area contributed by atoms with Crippen LogP contribution in [0.15, 0.2) is 80.0 Å². The maximum atomic E-state index is 14.4. The minimum atomic E-state index is -2.79. The number of hydrazone groups is 1. The second kappa shape index (κ2) is 11.8. The van der Waals surface area contributed by atoms with Gasteiger partial charge in [0.05, 0.1) is 45.2 Å². The number of fused-ring (bicyclic) bond motifs is 2. The van der Waals surface area contributed by atoms with Gasteiger partial charge >= 0.3 is 5.76 Å². The molecule has 47 heavy (non-hydrogen) atoms. The SMILES string of the molecule is C=S1(=O)CC(C(C)C)c2nc(CCc3ccc(F)cc3)c(C3=NNCO3)c(-c3ccc4c(c3)oc(=O)n4Cc3ccc(C#N)cn3)c21.